The maximum atomic E-state index is 13.8. The van der Waals surface area contributed by atoms with Crippen molar-refractivity contribution < 1.29 is 9.13 Å². The van der Waals surface area contributed by atoms with Crippen molar-refractivity contribution in [3.8, 4) is 17.6 Å². The maximum Gasteiger partial charge on any atom is 0.142 e. The van der Waals surface area contributed by atoms with E-state index in [-0.39, 0.29) is 11.7 Å². The number of alkyl halides is 1. The molecule has 0 aliphatic heterocycles. The van der Waals surface area contributed by atoms with E-state index in [2.05, 4.69) is 11.8 Å². The predicted octanol–water partition coefficient (Wildman–Crippen LogP) is 4.23. The molecule has 3 rings (SSSR count). The number of hydrogen-bond donors (Lipinski definition) is 0. The number of benzene rings is 1. The van der Waals surface area contributed by atoms with Gasteiger partial charge in [-0.25, -0.2) is 4.39 Å². The Morgan fingerprint density at radius 2 is 2.20 bits per heavy atom. The highest BCUT2D eigenvalue weighted by Crippen LogP contribution is 2.48. The van der Waals surface area contributed by atoms with Crippen molar-refractivity contribution in [3.63, 3.8) is 0 Å². The molecule has 2 aliphatic rings. The van der Waals surface area contributed by atoms with Crippen LogP contribution in [-0.4, -0.2) is 12.5 Å². The highest BCUT2D eigenvalue weighted by Gasteiger charge is 2.39. The largest absolute Gasteiger partial charge is 0.493 e. The molecule has 2 aliphatic carbocycles. The van der Waals surface area contributed by atoms with Crippen LogP contribution in [0.1, 0.15) is 31.2 Å². The summed E-state index contributed by atoms with van der Waals surface area (Å²) in [7, 11) is 0. The monoisotopic (exact) mass is 292 g/mol. The quantitative estimate of drug-likeness (QED) is 0.598. The minimum absolute atomic E-state index is 0.210. The summed E-state index contributed by atoms with van der Waals surface area (Å²) >= 11 is 5.47. The second-order valence-corrected chi connectivity index (χ2v) is 6.09. The first-order valence-corrected chi connectivity index (χ1v) is 7.77. The third kappa shape index (κ3) is 2.94. The van der Waals surface area contributed by atoms with Gasteiger partial charge in [0.2, 0.25) is 0 Å². The molecule has 3 atom stereocenters. The van der Waals surface area contributed by atoms with E-state index in [0.717, 1.165) is 11.8 Å². The van der Waals surface area contributed by atoms with Crippen LogP contribution in [0.25, 0.3) is 0 Å². The van der Waals surface area contributed by atoms with Crippen molar-refractivity contribution in [3.05, 3.63) is 29.6 Å². The Hall–Kier alpha value is -1.20. The van der Waals surface area contributed by atoms with E-state index < -0.39 is 0 Å². The lowest BCUT2D eigenvalue weighted by Gasteiger charge is -2.21. The van der Waals surface area contributed by atoms with E-state index in [0.29, 0.717) is 23.8 Å². The second-order valence-electron chi connectivity index (χ2n) is 5.82. The third-order valence-electron chi connectivity index (χ3n) is 4.58. The molecule has 1 aromatic carbocycles. The molecule has 3 unspecified atom stereocenters. The molecule has 0 aromatic heterocycles. The first-order valence-electron chi connectivity index (χ1n) is 7.23. The number of ether oxygens (including phenoxy) is 1. The first-order chi connectivity index (χ1) is 9.76. The average molecular weight is 293 g/mol. The van der Waals surface area contributed by atoms with Crippen LogP contribution in [0.5, 0.6) is 5.75 Å². The number of fused-ring (bicyclic) bond motifs is 2. The molecule has 1 aromatic rings. The maximum absolute atomic E-state index is 13.8. The van der Waals surface area contributed by atoms with Gasteiger partial charge in [0, 0.05) is 6.07 Å². The summed E-state index contributed by atoms with van der Waals surface area (Å²) in [6.45, 7) is 0.716. The van der Waals surface area contributed by atoms with Gasteiger partial charge in [-0.05, 0) is 49.1 Å². The van der Waals surface area contributed by atoms with E-state index in [1.165, 1.54) is 31.7 Å². The molecule has 0 spiro atoms. The van der Waals surface area contributed by atoms with Gasteiger partial charge < -0.3 is 4.74 Å². The lowest BCUT2D eigenvalue weighted by atomic mass is 9.89. The van der Waals surface area contributed by atoms with Crippen LogP contribution in [0.3, 0.4) is 0 Å². The van der Waals surface area contributed by atoms with Crippen molar-refractivity contribution in [2.45, 2.75) is 25.7 Å². The zero-order chi connectivity index (χ0) is 13.9. The molecule has 0 heterocycles. The van der Waals surface area contributed by atoms with Crippen molar-refractivity contribution >= 4 is 11.6 Å². The van der Waals surface area contributed by atoms with Crippen LogP contribution < -0.4 is 4.74 Å². The Morgan fingerprint density at radius 1 is 1.30 bits per heavy atom. The fourth-order valence-electron chi connectivity index (χ4n) is 3.60. The summed E-state index contributed by atoms with van der Waals surface area (Å²) in [6, 6.07) is 4.87. The molecule has 2 bridgehead atoms. The second kappa shape index (κ2) is 6.06. The van der Waals surface area contributed by atoms with Gasteiger partial charge >= 0.3 is 0 Å². The summed E-state index contributed by atoms with van der Waals surface area (Å²) in [5.74, 6) is 8.23. The van der Waals surface area contributed by atoms with E-state index in [1.54, 1.807) is 12.1 Å². The van der Waals surface area contributed by atoms with Gasteiger partial charge in [0.15, 0.2) is 0 Å². The van der Waals surface area contributed by atoms with Gasteiger partial charge in [-0.1, -0.05) is 18.3 Å². The summed E-state index contributed by atoms with van der Waals surface area (Å²) in [6.07, 6.45) is 5.39. The van der Waals surface area contributed by atoms with Crippen molar-refractivity contribution in [1.82, 2.24) is 0 Å². The Labute approximate surface area is 124 Å². The summed E-state index contributed by atoms with van der Waals surface area (Å²) in [5.41, 5.74) is 0.373. The fraction of sp³-hybridized carbons (Fsp3) is 0.529. The zero-order valence-corrected chi connectivity index (χ0v) is 12.1. The van der Waals surface area contributed by atoms with Crippen LogP contribution in [-0.2, 0) is 0 Å². The number of hydrogen-bond acceptors (Lipinski definition) is 1. The summed E-state index contributed by atoms with van der Waals surface area (Å²) in [4.78, 5) is 0. The molecular weight excluding hydrogens is 275 g/mol. The van der Waals surface area contributed by atoms with Gasteiger partial charge in [-0.2, -0.15) is 0 Å². The molecule has 1 nitrogen and oxygen atoms in total. The molecular formula is C17H18ClFO. The Balaban J connectivity index is 1.59. The molecule has 2 fully saturated rings. The molecule has 2 saturated carbocycles. The zero-order valence-electron chi connectivity index (χ0n) is 11.4. The van der Waals surface area contributed by atoms with E-state index >= 15 is 0 Å². The van der Waals surface area contributed by atoms with Gasteiger partial charge in [0.1, 0.15) is 11.6 Å². The number of rotatable bonds is 3. The van der Waals surface area contributed by atoms with Gasteiger partial charge in [-0.3, -0.25) is 0 Å². The molecule has 0 saturated heterocycles. The Bertz CT molecular complexity index is 546. The molecule has 20 heavy (non-hydrogen) atoms. The Kier molecular flexibility index (Phi) is 4.17. The van der Waals surface area contributed by atoms with E-state index in [4.69, 9.17) is 16.3 Å². The van der Waals surface area contributed by atoms with Crippen molar-refractivity contribution in [1.29, 1.82) is 0 Å². The Morgan fingerprint density at radius 3 is 2.85 bits per heavy atom. The molecule has 0 radical (unpaired) electrons. The van der Waals surface area contributed by atoms with E-state index in [9.17, 15) is 4.39 Å². The lowest BCUT2D eigenvalue weighted by Crippen LogP contribution is -2.18. The smallest absolute Gasteiger partial charge is 0.142 e. The third-order valence-corrected chi connectivity index (χ3v) is 4.71. The van der Waals surface area contributed by atoms with E-state index in [1.807, 2.05) is 0 Å². The standard InChI is InChI=1S/C17H18ClFO/c18-7-1-2-13-5-6-16(10-17(13)19)20-11-15-9-12-3-4-14(15)8-12/h5-6,10,12,14-15H,3-4,7-9,11H2. The molecule has 3 heteroatoms. The van der Waals surface area contributed by atoms with Gasteiger partial charge in [0.05, 0.1) is 18.1 Å². The normalized spacial score (nSPS) is 27.2. The summed E-state index contributed by atoms with van der Waals surface area (Å²) < 4.78 is 19.6. The average Bonchev–Trinajstić information content (AvgIpc) is 3.06. The lowest BCUT2D eigenvalue weighted by molar-refractivity contribution is 0.194. The van der Waals surface area contributed by atoms with Crippen molar-refractivity contribution in [2.75, 3.05) is 12.5 Å². The SMILES string of the molecule is Fc1cc(OCC2CC3CCC2C3)ccc1C#CCCl. The highest BCUT2D eigenvalue weighted by molar-refractivity contribution is 6.19. The minimum atomic E-state index is -0.340. The van der Waals surface area contributed by atoms with Gasteiger partial charge in [-0.15, -0.1) is 11.6 Å². The highest BCUT2D eigenvalue weighted by atomic mass is 35.5. The fourth-order valence-corrected chi connectivity index (χ4v) is 3.67. The van der Waals surface area contributed by atoms with Gasteiger partial charge in [0.25, 0.3) is 0 Å². The van der Waals surface area contributed by atoms with Crippen LogP contribution >= 0.6 is 11.6 Å². The number of halogens is 2. The predicted molar refractivity (Wildman–Crippen MR) is 78.4 cm³/mol. The van der Waals surface area contributed by atoms with Crippen LogP contribution in [0.4, 0.5) is 4.39 Å². The van der Waals surface area contributed by atoms with Crippen molar-refractivity contribution in [2.24, 2.45) is 17.8 Å². The van der Waals surface area contributed by atoms with Crippen LogP contribution in [0.15, 0.2) is 18.2 Å². The molecule has 106 valence electrons. The minimum Gasteiger partial charge on any atom is -0.493 e. The molecule has 0 N–H and O–H groups in total. The molecule has 0 amide bonds. The first kappa shape index (κ1) is 13.8. The van der Waals surface area contributed by atoms with Crippen LogP contribution in [0, 0.1) is 35.4 Å². The van der Waals surface area contributed by atoms with Crippen LogP contribution in [0.2, 0.25) is 0 Å². The topological polar surface area (TPSA) is 9.23 Å². The summed E-state index contributed by atoms with van der Waals surface area (Å²) in [5, 5.41) is 0.